The highest BCUT2D eigenvalue weighted by atomic mass is 19.4. The van der Waals surface area contributed by atoms with Gasteiger partial charge in [-0.2, -0.15) is 0 Å². The lowest BCUT2D eigenvalue weighted by atomic mass is 9.70. The van der Waals surface area contributed by atoms with Gasteiger partial charge in [-0.25, -0.2) is 4.79 Å². The van der Waals surface area contributed by atoms with Crippen LogP contribution >= 0.6 is 0 Å². The van der Waals surface area contributed by atoms with Crippen molar-refractivity contribution in [2.45, 2.75) is 33.2 Å². The van der Waals surface area contributed by atoms with E-state index in [1.807, 2.05) is 48.5 Å². The van der Waals surface area contributed by atoms with Gasteiger partial charge in [0.1, 0.15) is 6.61 Å². The molecule has 0 fully saturated rings. The van der Waals surface area contributed by atoms with Gasteiger partial charge in [0.2, 0.25) is 0 Å². The average molecular weight is 462 g/mol. The lowest BCUT2D eigenvalue weighted by Crippen LogP contribution is -2.40. The molecule has 3 aromatic rings. The first kappa shape index (κ1) is 23.5. The van der Waals surface area contributed by atoms with E-state index in [1.54, 1.807) is 6.92 Å². The Morgan fingerprint density at radius 1 is 0.971 bits per heavy atom. The summed E-state index contributed by atoms with van der Waals surface area (Å²) >= 11 is 0. The molecule has 34 heavy (non-hydrogen) atoms. The SMILES string of the molecule is C#Cc1c(C)c(CNC(=O)OCC2c3ccccc3-c3ccccc32)c(C)c([B-](F)(F)F)c1C. The van der Waals surface area contributed by atoms with Crippen LogP contribution in [0, 0.1) is 33.1 Å². The minimum Gasteiger partial charge on any atom is -0.449 e. The van der Waals surface area contributed by atoms with Crippen LogP contribution in [-0.2, 0) is 11.3 Å². The molecule has 4 rings (SSSR count). The number of amides is 1. The van der Waals surface area contributed by atoms with Crippen LogP contribution in [0.2, 0.25) is 0 Å². The molecule has 1 N–H and O–H groups in total. The standard InChI is InChI=1S/C27H24BF3NO2/c1-5-19-16(2)24(18(4)26(17(19)3)28(29,30)31)14-32-27(33)34-15-25-22-12-8-6-10-20(22)21-11-7-9-13-23(21)25/h1,6-13,25H,14-15H2,2-4H3,(H,32,33)/q-1. The largest absolute Gasteiger partial charge is 0.510 e. The predicted molar refractivity (Wildman–Crippen MR) is 129 cm³/mol. The van der Waals surface area contributed by atoms with Gasteiger partial charge >= 0.3 is 13.1 Å². The van der Waals surface area contributed by atoms with Crippen molar-refractivity contribution in [1.29, 1.82) is 0 Å². The molecule has 3 nitrogen and oxygen atoms in total. The average Bonchev–Trinajstić information content (AvgIpc) is 3.10. The van der Waals surface area contributed by atoms with Crippen LogP contribution in [0.5, 0.6) is 0 Å². The van der Waals surface area contributed by atoms with Gasteiger partial charge in [0.05, 0.1) is 0 Å². The van der Waals surface area contributed by atoms with Crippen molar-refractivity contribution < 1.29 is 22.5 Å². The van der Waals surface area contributed by atoms with E-state index in [2.05, 4.69) is 11.2 Å². The Bertz CT molecular complexity index is 1280. The smallest absolute Gasteiger partial charge is 0.449 e. The van der Waals surface area contributed by atoms with Gasteiger partial charge in [0.15, 0.2) is 0 Å². The highest BCUT2D eigenvalue weighted by Crippen LogP contribution is 2.44. The lowest BCUT2D eigenvalue weighted by molar-refractivity contribution is 0.142. The molecule has 0 saturated heterocycles. The predicted octanol–water partition coefficient (Wildman–Crippen LogP) is 5.69. The Balaban J connectivity index is 1.51. The van der Waals surface area contributed by atoms with E-state index >= 15 is 0 Å². The number of ether oxygens (including phenoxy) is 1. The number of hydrogen-bond acceptors (Lipinski definition) is 2. The van der Waals surface area contributed by atoms with Crippen molar-refractivity contribution in [2.75, 3.05) is 6.61 Å². The number of halogens is 3. The molecule has 1 aliphatic carbocycles. The van der Waals surface area contributed by atoms with E-state index in [-0.39, 0.29) is 35.8 Å². The zero-order chi connectivity index (χ0) is 24.6. The van der Waals surface area contributed by atoms with Crippen molar-refractivity contribution in [3.8, 4) is 23.5 Å². The van der Waals surface area contributed by atoms with Crippen molar-refractivity contribution in [2.24, 2.45) is 0 Å². The number of alkyl carbamates (subject to hydrolysis) is 1. The third-order valence-corrected chi connectivity index (χ3v) is 6.69. The number of terminal acetylenes is 1. The minimum absolute atomic E-state index is 0.0508. The van der Waals surface area contributed by atoms with Gasteiger partial charge < -0.3 is 23.0 Å². The number of fused-ring (bicyclic) bond motifs is 3. The number of rotatable bonds is 5. The first-order valence-corrected chi connectivity index (χ1v) is 11.0. The summed E-state index contributed by atoms with van der Waals surface area (Å²) in [4.78, 5) is 12.5. The summed E-state index contributed by atoms with van der Waals surface area (Å²) in [5.41, 5.74) is 4.96. The molecule has 0 unspecified atom stereocenters. The molecular formula is C27H24BF3NO2-. The fourth-order valence-corrected chi connectivity index (χ4v) is 5.07. The first-order chi connectivity index (χ1) is 16.1. The van der Waals surface area contributed by atoms with Crippen LogP contribution in [0.1, 0.15) is 44.9 Å². The third-order valence-electron chi connectivity index (χ3n) is 6.69. The topological polar surface area (TPSA) is 38.3 Å². The highest BCUT2D eigenvalue weighted by Gasteiger charge is 2.32. The number of carbonyl (C=O) groups is 1. The summed E-state index contributed by atoms with van der Waals surface area (Å²) in [7, 11) is 0. The fourth-order valence-electron chi connectivity index (χ4n) is 5.07. The molecule has 0 radical (unpaired) electrons. The van der Waals surface area contributed by atoms with Gasteiger partial charge in [-0.05, 0) is 54.2 Å². The number of benzene rings is 3. The van der Waals surface area contributed by atoms with E-state index in [1.165, 1.54) is 13.8 Å². The monoisotopic (exact) mass is 462 g/mol. The summed E-state index contributed by atoms with van der Waals surface area (Å²) in [6.07, 6.45) is 4.82. The van der Waals surface area contributed by atoms with Gasteiger partial charge in [0, 0.05) is 18.0 Å². The Morgan fingerprint density at radius 3 is 2.06 bits per heavy atom. The second-order valence-corrected chi connectivity index (χ2v) is 8.54. The van der Waals surface area contributed by atoms with Gasteiger partial charge in [-0.15, -0.1) is 11.9 Å². The summed E-state index contributed by atoms with van der Waals surface area (Å²) in [5.74, 6) is 2.28. The van der Waals surface area contributed by atoms with Crippen LogP contribution < -0.4 is 10.8 Å². The summed E-state index contributed by atoms with van der Waals surface area (Å²) in [5, 5.41) is 2.61. The molecule has 3 aromatic carbocycles. The first-order valence-electron chi connectivity index (χ1n) is 11.0. The number of hydrogen-bond donors (Lipinski definition) is 1. The van der Waals surface area contributed by atoms with Crippen LogP contribution in [0.4, 0.5) is 17.7 Å². The number of carbonyl (C=O) groups excluding carboxylic acids is 1. The summed E-state index contributed by atoms with van der Waals surface area (Å²) in [6.45, 7) is -0.757. The van der Waals surface area contributed by atoms with Gasteiger partial charge in [-0.1, -0.05) is 65.6 Å². The molecular weight excluding hydrogens is 438 g/mol. The molecule has 0 saturated carbocycles. The van der Waals surface area contributed by atoms with Crippen molar-refractivity contribution in [1.82, 2.24) is 5.32 Å². The zero-order valence-corrected chi connectivity index (χ0v) is 19.2. The van der Waals surface area contributed by atoms with E-state index in [9.17, 15) is 17.7 Å². The number of nitrogens with one attached hydrogen (secondary N) is 1. The molecule has 0 aliphatic heterocycles. The fraction of sp³-hybridized carbons (Fsp3) is 0.222. The Hall–Kier alpha value is -3.66. The molecule has 7 heteroatoms. The van der Waals surface area contributed by atoms with Gasteiger partial charge in [0.25, 0.3) is 0 Å². The summed E-state index contributed by atoms with van der Waals surface area (Å²) < 4.78 is 46.8. The molecule has 0 heterocycles. The molecule has 1 aliphatic rings. The summed E-state index contributed by atoms with van der Waals surface area (Å²) in [6, 6.07) is 16.0. The second kappa shape index (κ2) is 8.94. The molecule has 0 atom stereocenters. The maximum Gasteiger partial charge on any atom is 0.510 e. The van der Waals surface area contributed by atoms with Crippen LogP contribution in [-0.4, -0.2) is 19.7 Å². The van der Waals surface area contributed by atoms with E-state index in [0.29, 0.717) is 11.1 Å². The Labute approximate surface area is 197 Å². The lowest BCUT2D eigenvalue weighted by Gasteiger charge is -2.26. The minimum atomic E-state index is -5.26. The Morgan fingerprint density at radius 2 is 1.53 bits per heavy atom. The molecule has 1 amide bonds. The zero-order valence-electron chi connectivity index (χ0n) is 19.2. The Kier molecular flexibility index (Phi) is 6.18. The van der Waals surface area contributed by atoms with Crippen LogP contribution in [0.25, 0.3) is 11.1 Å². The molecule has 0 bridgehead atoms. The molecule has 0 aromatic heterocycles. The third kappa shape index (κ3) is 4.05. The van der Waals surface area contributed by atoms with E-state index in [4.69, 9.17) is 11.2 Å². The van der Waals surface area contributed by atoms with Gasteiger partial charge in [-0.3, -0.25) is 0 Å². The van der Waals surface area contributed by atoms with Crippen molar-refractivity contribution in [3.63, 3.8) is 0 Å². The van der Waals surface area contributed by atoms with Crippen molar-refractivity contribution in [3.05, 3.63) is 87.5 Å². The van der Waals surface area contributed by atoms with E-state index < -0.39 is 18.5 Å². The highest BCUT2D eigenvalue weighted by molar-refractivity contribution is 6.74. The maximum absolute atomic E-state index is 13.8. The van der Waals surface area contributed by atoms with E-state index in [0.717, 1.165) is 22.3 Å². The quantitative estimate of drug-likeness (QED) is 0.391. The molecule has 0 spiro atoms. The maximum atomic E-state index is 13.8. The second-order valence-electron chi connectivity index (χ2n) is 8.54. The molecule has 174 valence electrons. The van der Waals surface area contributed by atoms with Crippen molar-refractivity contribution >= 4 is 18.5 Å². The van der Waals surface area contributed by atoms with Crippen LogP contribution in [0.3, 0.4) is 0 Å². The normalized spacial score (nSPS) is 12.6. The van der Waals surface area contributed by atoms with Crippen LogP contribution in [0.15, 0.2) is 48.5 Å².